The third-order valence-corrected chi connectivity index (χ3v) is 7.37. The molecule has 3 aromatic rings. The van der Waals surface area contributed by atoms with Crippen molar-refractivity contribution in [2.24, 2.45) is 7.05 Å². The standard InChI is InChI=1S/C20H20N4O4S2/c1-23-19(26)17-13-7-3-5-9-15(13)30-18(17)22-20(23)29-11-16(25)21-10-12-6-2-4-8-14(12)24(27)28/h2,4,6,8H,3,5,7,9-11H2,1H3,(H,21,25). The molecule has 0 unspecified atom stereocenters. The first-order valence-corrected chi connectivity index (χ1v) is 11.4. The number of carbonyl (C=O) groups excluding carboxylic acids is 1. The smallest absolute Gasteiger partial charge is 0.274 e. The lowest BCUT2D eigenvalue weighted by atomic mass is 9.97. The highest BCUT2D eigenvalue weighted by Crippen LogP contribution is 2.34. The Bertz CT molecular complexity index is 1200. The molecule has 0 spiro atoms. The summed E-state index contributed by atoms with van der Waals surface area (Å²) in [4.78, 5) is 42.4. The molecule has 1 aliphatic carbocycles. The van der Waals surface area contributed by atoms with Crippen molar-refractivity contribution in [3.05, 3.63) is 60.7 Å². The molecule has 1 N–H and O–H groups in total. The van der Waals surface area contributed by atoms with E-state index in [-0.39, 0.29) is 29.5 Å². The van der Waals surface area contributed by atoms with E-state index >= 15 is 0 Å². The van der Waals surface area contributed by atoms with Crippen molar-refractivity contribution in [3.63, 3.8) is 0 Å². The van der Waals surface area contributed by atoms with E-state index in [0.29, 0.717) is 10.7 Å². The Labute approximate surface area is 180 Å². The Morgan fingerprint density at radius 2 is 2.10 bits per heavy atom. The number of thioether (sulfide) groups is 1. The van der Waals surface area contributed by atoms with Gasteiger partial charge in [0.15, 0.2) is 5.16 Å². The quantitative estimate of drug-likeness (QED) is 0.271. The first-order valence-electron chi connectivity index (χ1n) is 9.58. The van der Waals surface area contributed by atoms with Gasteiger partial charge in [-0.05, 0) is 31.2 Å². The molecule has 1 amide bonds. The largest absolute Gasteiger partial charge is 0.351 e. The second-order valence-electron chi connectivity index (χ2n) is 7.10. The van der Waals surface area contributed by atoms with Crippen LogP contribution in [0.15, 0.2) is 34.2 Å². The zero-order valence-corrected chi connectivity index (χ0v) is 18.0. The van der Waals surface area contributed by atoms with Gasteiger partial charge in [-0.25, -0.2) is 4.98 Å². The number of benzene rings is 1. The van der Waals surface area contributed by atoms with Crippen molar-refractivity contribution in [2.45, 2.75) is 37.4 Å². The molecule has 0 saturated carbocycles. The lowest BCUT2D eigenvalue weighted by molar-refractivity contribution is -0.385. The molecule has 10 heteroatoms. The summed E-state index contributed by atoms with van der Waals surface area (Å²) in [6.45, 7) is 0.0690. The third kappa shape index (κ3) is 3.97. The number of fused-ring (bicyclic) bond motifs is 3. The molecule has 0 atom stereocenters. The highest BCUT2D eigenvalue weighted by Gasteiger charge is 2.21. The number of amides is 1. The number of nitrogens with zero attached hydrogens (tertiary/aromatic N) is 3. The zero-order valence-electron chi connectivity index (χ0n) is 16.3. The monoisotopic (exact) mass is 444 g/mol. The molecule has 0 aliphatic heterocycles. The van der Waals surface area contributed by atoms with Gasteiger partial charge in [-0.15, -0.1) is 11.3 Å². The van der Waals surface area contributed by atoms with Crippen molar-refractivity contribution < 1.29 is 9.72 Å². The van der Waals surface area contributed by atoms with E-state index in [4.69, 9.17) is 0 Å². The van der Waals surface area contributed by atoms with Gasteiger partial charge in [0.2, 0.25) is 5.91 Å². The Balaban J connectivity index is 1.46. The van der Waals surface area contributed by atoms with Gasteiger partial charge in [-0.3, -0.25) is 24.3 Å². The average Bonchev–Trinajstić information content (AvgIpc) is 3.12. The lowest BCUT2D eigenvalue weighted by Gasteiger charge is -2.11. The van der Waals surface area contributed by atoms with Crippen LogP contribution in [0.2, 0.25) is 0 Å². The number of hydrogen-bond acceptors (Lipinski definition) is 7. The van der Waals surface area contributed by atoms with Crippen molar-refractivity contribution in [1.82, 2.24) is 14.9 Å². The SMILES string of the molecule is Cn1c(SCC(=O)NCc2ccccc2[N+](=O)[O-])nc2sc3c(c2c1=O)CCCC3. The second kappa shape index (κ2) is 8.57. The number of nitro benzene ring substituents is 1. The summed E-state index contributed by atoms with van der Waals surface area (Å²) < 4.78 is 1.50. The minimum absolute atomic E-state index is 0.0263. The van der Waals surface area contributed by atoms with Crippen LogP contribution in [0.3, 0.4) is 0 Å². The summed E-state index contributed by atoms with van der Waals surface area (Å²) in [6.07, 6.45) is 4.16. The molecule has 156 valence electrons. The summed E-state index contributed by atoms with van der Waals surface area (Å²) in [5.41, 5.74) is 1.49. The fourth-order valence-corrected chi connectivity index (χ4v) is 5.71. The molecule has 0 bridgehead atoms. The average molecular weight is 445 g/mol. The molecule has 0 fully saturated rings. The van der Waals surface area contributed by atoms with Gasteiger partial charge >= 0.3 is 0 Å². The van der Waals surface area contributed by atoms with Gasteiger partial charge in [0.1, 0.15) is 4.83 Å². The number of nitrogens with one attached hydrogen (secondary N) is 1. The second-order valence-corrected chi connectivity index (χ2v) is 9.13. The van der Waals surface area contributed by atoms with Crippen LogP contribution in [-0.4, -0.2) is 26.1 Å². The van der Waals surface area contributed by atoms with Crippen molar-refractivity contribution in [1.29, 1.82) is 0 Å². The number of aromatic nitrogens is 2. The maximum atomic E-state index is 12.9. The zero-order chi connectivity index (χ0) is 21.3. The molecule has 4 rings (SSSR count). The van der Waals surface area contributed by atoms with Gasteiger partial charge in [0.05, 0.1) is 16.1 Å². The highest BCUT2D eigenvalue weighted by atomic mass is 32.2. The molecule has 1 aliphatic rings. The first kappa shape index (κ1) is 20.5. The van der Waals surface area contributed by atoms with Gasteiger partial charge in [0.25, 0.3) is 11.2 Å². The topological polar surface area (TPSA) is 107 Å². The maximum absolute atomic E-state index is 12.9. The molecule has 30 heavy (non-hydrogen) atoms. The molecule has 2 aromatic heterocycles. The summed E-state index contributed by atoms with van der Waals surface area (Å²) >= 11 is 2.77. The van der Waals surface area contributed by atoms with E-state index < -0.39 is 4.92 Å². The molecule has 8 nitrogen and oxygen atoms in total. The maximum Gasteiger partial charge on any atom is 0.274 e. The number of aryl methyl sites for hydroxylation is 2. The molecular weight excluding hydrogens is 424 g/mol. The van der Waals surface area contributed by atoms with Crippen LogP contribution >= 0.6 is 23.1 Å². The van der Waals surface area contributed by atoms with Gasteiger partial charge in [-0.2, -0.15) is 0 Å². The predicted octanol–water partition coefficient (Wildman–Crippen LogP) is 3.19. The number of rotatable bonds is 6. The van der Waals surface area contributed by atoms with Crippen LogP contribution in [0, 0.1) is 10.1 Å². The Kier molecular flexibility index (Phi) is 5.87. The van der Waals surface area contributed by atoms with Crippen LogP contribution in [0.25, 0.3) is 10.2 Å². The number of para-hydroxylation sites is 1. The van der Waals surface area contributed by atoms with E-state index in [0.717, 1.165) is 41.5 Å². The third-order valence-electron chi connectivity index (χ3n) is 5.15. The molecule has 1 aromatic carbocycles. The van der Waals surface area contributed by atoms with Gasteiger partial charge in [0, 0.05) is 30.1 Å². The molecule has 0 radical (unpaired) electrons. The predicted molar refractivity (Wildman–Crippen MR) is 117 cm³/mol. The molecular formula is C20H20N4O4S2. The summed E-state index contributed by atoms with van der Waals surface area (Å²) in [6, 6.07) is 6.30. The van der Waals surface area contributed by atoms with Crippen LogP contribution in [0.1, 0.15) is 28.8 Å². The van der Waals surface area contributed by atoms with Crippen LogP contribution < -0.4 is 10.9 Å². The van der Waals surface area contributed by atoms with Gasteiger partial charge < -0.3 is 5.32 Å². The summed E-state index contributed by atoms with van der Waals surface area (Å²) in [7, 11) is 1.68. The highest BCUT2D eigenvalue weighted by molar-refractivity contribution is 7.99. The summed E-state index contributed by atoms with van der Waals surface area (Å²) in [5.74, 6) is -0.213. The van der Waals surface area contributed by atoms with E-state index in [9.17, 15) is 19.7 Å². The van der Waals surface area contributed by atoms with Crippen molar-refractivity contribution in [2.75, 3.05) is 5.75 Å². The van der Waals surface area contributed by atoms with Crippen LogP contribution in [0.4, 0.5) is 5.69 Å². The van der Waals surface area contributed by atoms with E-state index in [1.165, 1.54) is 27.3 Å². The van der Waals surface area contributed by atoms with Crippen molar-refractivity contribution in [3.8, 4) is 0 Å². The van der Waals surface area contributed by atoms with Crippen LogP contribution in [0.5, 0.6) is 0 Å². The number of nitro groups is 1. The fourth-order valence-electron chi connectivity index (χ4n) is 3.61. The van der Waals surface area contributed by atoms with E-state index in [1.807, 2.05) is 0 Å². The number of carbonyl (C=O) groups is 1. The van der Waals surface area contributed by atoms with E-state index in [2.05, 4.69) is 10.3 Å². The number of hydrogen-bond donors (Lipinski definition) is 1. The van der Waals surface area contributed by atoms with Gasteiger partial charge in [-0.1, -0.05) is 30.0 Å². The minimum atomic E-state index is -0.466. The number of thiophene rings is 1. The van der Waals surface area contributed by atoms with Crippen LogP contribution in [-0.2, 0) is 31.2 Å². The lowest BCUT2D eigenvalue weighted by Crippen LogP contribution is -2.26. The van der Waals surface area contributed by atoms with E-state index in [1.54, 1.807) is 36.6 Å². The Morgan fingerprint density at radius 3 is 2.90 bits per heavy atom. The minimum Gasteiger partial charge on any atom is -0.351 e. The Hall–Kier alpha value is -2.72. The molecule has 2 heterocycles. The molecule has 0 saturated heterocycles. The normalized spacial score (nSPS) is 13.2. The Morgan fingerprint density at radius 1 is 1.33 bits per heavy atom. The first-order chi connectivity index (χ1) is 14.5. The fraction of sp³-hybridized carbons (Fsp3) is 0.350. The van der Waals surface area contributed by atoms with Crippen molar-refractivity contribution >= 4 is 44.9 Å². The summed E-state index contributed by atoms with van der Waals surface area (Å²) in [5, 5.41) is 15.0.